The Morgan fingerprint density at radius 3 is 2.52 bits per heavy atom. The number of aromatic nitrogens is 1. The molecule has 1 amide bonds. The highest BCUT2D eigenvalue weighted by atomic mass is 32.2. The quantitative estimate of drug-likeness (QED) is 0.540. The molecule has 31 heavy (non-hydrogen) atoms. The second kappa shape index (κ2) is 8.95. The Balaban J connectivity index is 1.46. The molecule has 3 aromatic rings. The minimum absolute atomic E-state index is 0.0529. The molecule has 0 bridgehead atoms. The second-order valence-corrected chi connectivity index (χ2v) is 10.6. The fourth-order valence-electron chi connectivity index (χ4n) is 3.30. The van der Waals surface area contributed by atoms with Crippen LogP contribution in [0.25, 0.3) is 9.88 Å². The number of hydrogen-bond donors (Lipinski definition) is 0. The summed E-state index contributed by atoms with van der Waals surface area (Å²) in [4.78, 5) is 20.5. The molecule has 0 atom stereocenters. The van der Waals surface area contributed by atoms with Crippen LogP contribution in [0, 0.1) is 0 Å². The van der Waals surface area contributed by atoms with E-state index in [-0.39, 0.29) is 29.6 Å². The van der Waals surface area contributed by atoms with Crippen LogP contribution in [0.3, 0.4) is 0 Å². The highest BCUT2D eigenvalue weighted by Gasteiger charge is 2.33. The van der Waals surface area contributed by atoms with Crippen LogP contribution in [-0.4, -0.2) is 68.9 Å². The van der Waals surface area contributed by atoms with Gasteiger partial charge in [-0.05, 0) is 23.6 Å². The van der Waals surface area contributed by atoms with Gasteiger partial charge in [0.05, 0.1) is 25.3 Å². The molecular formula is C20H21N3O5S3. The maximum absolute atomic E-state index is 13.2. The Morgan fingerprint density at radius 1 is 1.10 bits per heavy atom. The Kier molecular flexibility index (Phi) is 6.28. The van der Waals surface area contributed by atoms with Gasteiger partial charge >= 0.3 is 0 Å². The first-order valence-electron chi connectivity index (χ1n) is 9.45. The molecule has 1 aliphatic heterocycles. The summed E-state index contributed by atoms with van der Waals surface area (Å²) in [5.41, 5.74) is 0. The van der Waals surface area contributed by atoms with Crippen LogP contribution in [0.1, 0.15) is 9.67 Å². The van der Waals surface area contributed by atoms with Gasteiger partial charge in [0.25, 0.3) is 5.91 Å². The second-order valence-electron chi connectivity index (χ2n) is 6.72. The van der Waals surface area contributed by atoms with Gasteiger partial charge in [-0.3, -0.25) is 4.79 Å². The van der Waals surface area contributed by atoms with Crippen molar-refractivity contribution in [2.45, 2.75) is 4.90 Å². The monoisotopic (exact) mass is 479 g/mol. The highest BCUT2D eigenvalue weighted by Crippen LogP contribution is 2.32. The van der Waals surface area contributed by atoms with E-state index < -0.39 is 10.0 Å². The average Bonchev–Trinajstić information content (AvgIpc) is 3.50. The first-order valence-corrected chi connectivity index (χ1v) is 12.6. The molecular weight excluding hydrogens is 458 g/mol. The first-order chi connectivity index (χ1) is 14.9. The van der Waals surface area contributed by atoms with Crippen molar-refractivity contribution in [3.05, 3.63) is 46.8 Å². The topological polar surface area (TPSA) is 89.0 Å². The van der Waals surface area contributed by atoms with E-state index in [1.54, 1.807) is 34.6 Å². The molecule has 0 saturated carbocycles. The lowest BCUT2D eigenvalue weighted by atomic mass is 10.3. The van der Waals surface area contributed by atoms with E-state index in [0.29, 0.717) is 23.7 Å². The molecule has 0 aliphatic carbocycles. The van der Waals surface area contributed by atoms with Crippen molar-refractivity contribution in [3.63, 3.8) is 0 Å². The van der Waals surface area contributed by atoms with Gasteiger partial charge in [-0.1, -0.05) is 6.07 Å². The van der Waals surface area contributed by atoms with Gasteiger partial charge in [-0.2, -0.15) is 4.31 Å². The number of thiazole rings is 1. The van der Waals surface area contributed by atoms with E-state index in [2.05, 4.69) is 4.98 Å². The summed E-state index contributed by atoms with van der Waals surface area (Å²) in [7, 11) is -0.889. The number of hydrogen-bond acceptors (Lipinski definition) is 8. The maximum Gasteiger partial charge on any atom is 0.265 e. The number of nitrogens with zero attached hydrogens (tertiary/aromatic N) is 3. The van der Waals surface area contributed by atoms with E-state index in [1.165, 1.54) is 35.9 Å². The Labute approximate surface area is 188 Å². The molecule has 8 nitrogen and oxygen atoms in total. The van der Waals surface area contributed by atoms with Crippen LogP contribution in [0.4, 0.5) is 0 Å². The van der Waals surface area contributed by atoms with Gasteiger partial charge < -0.3 is 14.4 Å². The minimum Gasteiger partial charge on any atom is -0.497 e. The summed E-state index contributed by atoms with van der Waals surface area (Å²) < 4.78 is 38.2. The lowest BCUT2D eigenvalue weighted by Crippen LogP contribution is -2.50. The van der Waals surface area contributed by atoms with Crippen LogP contribution in [0.5, 0.6) is 11.5 Å². The van der Waals surface area contributed by atoms with Gasteiger partial charge in [0, 0.05) is 32.2 Å². The van der Waals surface area contributed by atoms with Crippen LogP contribution < -0.4 is 9.47 Å². The zero-order valence-corrected chi connectivity index (χ0v) is 19.4. The van der Waals surface area contributed by atoms with Gasteiger partial charge in [0.1, 0.15) is 26.3 Å². The molecule has 0 unspecified atom stereocenters. The maximum atomic E-state index is 13.2. The van der Waals surface area contributed by atoms with E-state index >= 15 is 0 Å². The van der Waals surface area contributed by atoms with Gasteiger partial charge in [-0.15, -0.1) is 22.7 Å². The number of ether oxygens (including phenoxy) is 2. The number of methoxy groups -OCH3 is 2. The van der Waals surface area contributed by atoms with Gasteiger partial charge in [-0.25, -0.2) is 13.4 Å². The summed E-state index contributed by atoms with van der Waals surface area (Å²) in [5.74, 6) is 0.557. The highest BCUT2D eigenvalue weighted by molar-refractivity contribution is 7.89. The van der Waals surface area contributed by atoms with Crippen LogP contribution >= 0.6 is 22.7 Å². The predicted octanol–water partition coefficient (Wildman–Crippen LogP) is 3.04. The van der Waals surface area contributed by atoms with Crippen LogP contribution in [-0.2, 0) is 10.0 Å². The van der Waals surface area contributed by atoms with Gasteiger partial charge in [0.15, 0.2) is 0 Å². The number of amides is 1. The zero-order valence-electron chi connectivity index (χ0n) is 17.0. The van der Waals surface area contributed by atoms with Crippen molar-refractivity contribution >= 4 is 38.6 Å². The smallest absolute Gasteiger partial charge is 0.265 e. The molecule has 3 heterocycles. The summed E-state index contributed by atoms with van der Waals surface area (Å²) in [6.45, 7) is 1.00. The minimum atomic E-state index is -3.79. The Hall–Kier alpha value is -2.47. The summed E-state index contributed by atoms with van der Waals surface area (Å²) in [6.07, 6.45) is 1.59. The molecule has 4 rings (SSSR count). The molecule has 0 N–H and O–H groups in total. The molecule has 0 radical (unpaired) electrons. The summed E-state index contributed by atoms with van der Waals surface area (Å²) >= 11 is 2.92. The Bertz CT molecular complexity index is 1170. The van der Waals surface area contributed by atoms with E-state index in [9.17, 15) is 13.2 Å². The molecule has 1 fully saturated rings. The van der Waals surface area contributed by atoms with Crippen LogP contribution in [0.2, 0.25) is 0 Å². The number of benzene rings is 1. The SMILES string of the molecule is COc1ccc(OC)c(S(=O)(=O)N2CCN(C(=O)c3cnc(-c4cccs4)s3)CC2)c1. The van der Waals surface area contributed by atoms with E-state index in [0.717, 1.165) is 9.88 Å². The first kappa shape index (κ1) is 21.8. The van der Waals surface area contributed by atoms with Crippen molar-refractivity contribution < 1.29 is 22.7 Å². The lowest BCUT2D eigenvalue weighted by molar-refractivity contribution is 0.0702. The van der Waals surface area contributed by atoms with E-state index in [1.807, 2.05) is 17.5 Å². The summed E-state index contributed by atoms with van der Waals surface area (Å²) in [5, 5.41) is 2.78. The van der Waals surface area contributed by atoms with Crippen molar-refractivity contribution in [2.24, 2.45) is 0 Å². The zero-order chi connectivity index (χ0) is 22.0. The van der Waals surface area contributed by atoms with Crippen molar-refractivity contribution in [1.29, 1.82) is 0 Å². The average molecular weight is 480 g/mol. The number of rotatable bonds is 6. The largest absolute Gasteiger partial charge is 0.497 e. The number of carbonyl (C=O) groups excluding carboxylic acids is 1. The normalized spacial score (nSPS) is 15.1. The lowest BCUT2D eigenvalue weighted by Gasteiger charge is -2.34. The Morgan fingerprint density at radius 2 is 1.87 bits per heavy atom. The predicted molar refractivity (Wildman–Crippen MR) is 120 cm³/mol. The molecule has 164 valence electrons. The number of carbonyl (C=O) groups is 1. The molecule has 1 aromatic carbocycles. The van der Waals surface area contributed by atoms with Crippen molar-refractivity contribution in [3.8, 4) is 21.4 Å². The van der Waals surface area contributed by atoms with E-state index in [4.69, 9.17) is 9.47 Å². The molecule has 2 aromatic heterocycles. The number of thiophene rings is 1. The fourth-order valence-corrected chi connectivity index (χ4v) is 6.58. The third kappa shape index (κ3) is 4.31. The molecule has 11 heteroatoms. The fraction of sp³-hybridized carbons (Fsp3) is 0.300. The third-order valence-corrected chi connectivity index (χ3v) is 8.91. The van der Waals surface area contributed by atoms with Crippen LogP contribution in [0.15, 0.2) is 46.8 Å². The molecule has 1 aliphatic rings. The summed E-state index contributed by atoms with van der Waals surface area (Å²) in [6, 6.07) is 8.58. The number of piperazine rings is 1. The van der Waals surface area contributed by atoms with Crippen molar-refractivity contribution in [1.82, 2.24) is 14.2 Å². The number of sulfonamides is 1. The van der Waals surface area contributed by atoms with Crippen molar-refractivity contribution in [2.75, 3.05) is 40.4 Å². The standard InChI is InChI=1S/C20H21N3O5S3/c1-27-14-5-6-15(28-2)18(12-14)31(25,26)23-9-7-22(8-10-23)20(24)17-13-21-19(30-17)16-4-3-11-29-16/h3-6,11-13H,7-10H2,1-2H3. The molecule has 1 saturated heterocycles. The third-order valence-electron chi connectivity index (χ3n) is 4.96. The van der Waals surface area contributed by atoms with Gasteiger partial charge in [0.2, 0.25) is 10.0 Å². The molecule has 0 spiro atoms.